The number of carbonyl (C=O) groups is 1. The van der Waals surface area contributed by atoms with Gasteiger partial charge in [-0.05, 0) is 25.0 Å². The second kappa shape index (κ2) is 7.16. The van der Waals surface area contributed by atoms with Crippen LogP contribution in [-0.4, -0.2) is 54.9 Å². The minimum atomic E-state index is 0.177. The van der Waals surface area contributed by atoms with Crippen LogP contribution in [0.2, 0.25) is 0 Å². The van der Waals surface area contributed by atoms with Gasteiger partial charge in [0.15, 0.2) is 5.16 Å². The molecule has 124 valence electrons. The first-order valence-corrected chi connectivity index (χ1v) is 9.07. The third-order valence-corrected chi connectivity index (χ3v) is 5.16. The van der Waals surface area contributed by atoms with Gasteiger partial charge in [-0.15, -0.1) is 10.2 Å². The van der Waals surface area contributed by atoms with Crippen LogP contribution in [0.3, 0.4) is 0 Å². The molecule has 0 bridgehead atoms. The number of rotatable bonds is 5. The Hall–Kier alpha value is -1.83. The van der Waals surface area contributed by atoms with Gasteiger partial charge in [0.25, 0.3) is 0 Å². The molecule has 0 unspecified atom stereocenters. The highest BCUT2D eigenvalue weighted by molar-refractivity contribution is 7.98. The fraction of sp³-hybridized carbons (Fsp3) is 0.600. The van der Waals surface area contributed by atoms with Crippen LogP contribution < -0.4 is 0 Å². The quantitative estimate of drug-likeness (QED) is 0.833. The molecule has 2 aromatic heterocycles. The Morgan fingerprint density at radius 1 is 1.39 bits per heavy atom. The van der Waals surface area contributed by atoms with Gasteiger partial charge in [0.1, 0.15) is 5.82 Å². The lowest BCUT2D eigenvalue weighted by atomic mass is 9.93. The van der Waals surface area contributed by atoms with Gasteiger partial charge in [0.2, 0.25) is 5.91 Å². The van der Waals surface area contributed by atoms with Crippen LogP contribution in [0.5, 0.6) is 0 Å². The summed E-state index contributed by atoms with van der Waals surface area (Å²) in [6, 6.07) is 0. The summed E-state index contributed by atoms with van der Waals surface area (Å²) in [6.45, 7) is 1.65. The predicted molar refractivity (Wildman–Crippen MR) is 88.1 cm³/mol. The van der Waals surface area contributed by atoms with E-state index in [1.807, 2.05) is 18.2 Å². The maximum atomic E-state index is 12.3. The first-order chi connectivity index (χ1) is 11.2. The molecule has 7 nitrogen and oxygen atoms in total. The number of nitrogens with one attached hydrogen (secondary N) is 1. The van der Waals surface area contributed by atoms with Crippen molar-refractivity contribution in [2.24, 2.45) is 13.0 Å². The number of aromatic amines is 1. The molecular formula is C15H22N6OS. The Balaban J connectivity index is 1.50. The minimum Gasteiger partial charge on any atom is -0.348 e. The fourth-order valence-corrected chi connectivity index (χ4v) is 3.50. The van der Waals surface area contributed by atoms with Crippen molar-refractivity contribution < 1.29 is 4.79 Å². The lowest BCUT2D eigenvalue weighted by molar-refractivity contribution is -0.131. The minimum absolute atomic E-state index is 0.177. The van der Waals surface area contributed by atoms with E-state index in [1.165, 1.54) is 0 Å². The zero-order chi connectivity index (χ0) is 16.2. The molecule has 2 aromatic rings. The highest BCUT2D eigenvalue weighted by Gasteiger charge is 2.24. The zero-order valence-electron chi connectivity index (χ0n) is 13.5. The molecule has 0 radical (unpaired) electrons. The first-order valence-electron chi connectivity index (χ1n) is 7.84. The molecule has 1 fully saturated rings. The standard InChI is InChI=1S/C15H22N6OS/c1-20-13(18-19-15(20)23-2)7-11-3-5-21(6-4-11)14(22)8-12-9-16-10-17-12/h9-11H,3-8H2,1-2H3,(H,16,17). The second-order valence-corrected chi connectivity index (χ2v) is 6.72. The van der Waals surface area contributed by atoms with Gasteiger partial charge in [-0.25, -0.2) is 4.98 Å². The van der Waals surface area contributed by atoms with Crippen molar-refractivity contribution in [2.45, 2.75) is 30.8 Å². The van der Waals surface area contributed by atoms with Crippen molar-refractivity contribution in [1.82, 2.24) is 29.6 Å². The SMILES string of the molecule is CSc1nnc(CC2CCN(C(=O)Cc3cnc[nH]3)CC2)n1C. The van der Waals surface area contributed by atoms with Crippen LogP contribution in [-0.2, 0) is 24.7 Å². The van der Waals surface area contributed by atoms with Crippen LogP contribution in [0.4, 0.5) is 0 Å². The molecule has 3 heterocycles. The maximum absolute atomic E-state index is 12.3. The molecule has 1 saturated heterocycles. The van der Waals surface area contributed by atoms with Gasteiger partial charge in [-0.1, -0.05) is 11.8 Å². The smallest absolute Gasteiger partial charge is 0.228 e. The van der Waals surface area contributed by atoms with E-state index < -0.39 is 0 Å². The summed E-state index contributed by atoms with van der Waals surface area (Å²) in [4.78, 5) is 21.2. The summed E-state index contributed by atoms with van der Waals surface area (Å²) in [7, 11) is 2.02. The summed E-state index contributed by atoms with van der Waals surface area (Å²) in [5.41, 5.74) is 0.876. The third kappa shape index (κ3) is 3.74. The van der Waals surface area contributed by atoms with E-state index in [1.54, 1.807) is 24.3 Å². The summed E-state index contributed by atoms with van der Waals surface area (Å²) < 4.78 is 2.07. The summed E-state index contributed by atoms with van der Waals surface area (Å²) in [5.74, 6) is 1.79. The van der Waals surface area contributed by atoms with Gasteiger partial charge >= 0.3 is 0 Å². The topological polar surface area (TPSA) is 79.7 Å². The molecule has 0 aliphatic carbocycles. The van der Waals surface area contributed by atoms with Crippen LogP contribution in [0.15, 0.2) is 17.7 Å². The van der Waals surface area contributed by atoms with Crippen molar-refractivity contribution in [3.63, 3.8) is 0 Å². The van der Waals surface area contributed by atoms with E-state index in [0.717, 1.165) is 49.0 Å². The van der Waals surface area contributed by atoms with Crippen LogP contribution >= 0.6 is 11.8 Å². The molecule has 1 aliphatic heterocycles. The fourth-order valence-electron chi connectivity index (χ4n) is 3.00. The van der Waals surface area contributed by atoms with Gasteiger partial charge in [0.05, 0.1) is 12.7 Å². The Bertz CT molecular complexity index is 645. The van der Waals surface area contributed by atoms with E-state index in [0.29, 0.717) is 12.3 Å². The molecule has 1 N–H and O–H groups in total. The normalized spacial score (nSPS) is 16.0. The number of piperidine rings is 1. The number of nitrogens with zero attached hydrogens (tertiary/aromatic N) is 5. The average molecular weight is 334 g/mol. The van der Waals surface area contributed by atoms with E-state index in [9.17, 15) is 4.79 Å². The average Bonchev–Trinajstić information content (AvgIpc) is 3.19. The lowest BCUT2D eigenvalue weighted by Crippen LogP contribution is -2.39. The summed E-state index contributed by atoms with van der Waals surface area (Å²) in [5, 5.41) is 9.42. The molecule has 0 spiro atoms. The van der Waals surface area contributed by atoms with E-state index in [4.69, 9.17) is 0 Å². The first kappa shape index (κ1) is 16.0. The van der Waals surface area contributed by atoms with Crippen molar-refractivity contribution in [2.75, 3.05) is 19.3 Å². The Morgan fingerprint density at radius 3 is 2.78 bits per heavy atom. The van der Waals surface area contributed by atoms with Crippen molar-refractivity contribution >= 4 is 17.7 Å². The number of amides is 1. The van der Waals surface area contributed by atoms with E-state index in [2.05, 4.69) is 24.7 Å². The summed E-state index contributed by atoms with van der Waals surface area (Å²) >= 11 is 1.61. The number of H-pyrrole nitrogens is 1. The Morgan fingerprint density at radius 2 is 2.17 bits per heavy atom. The lowest BCUT2D eigenvalue weighted by Gasteiger charge is -2.31. The monoisotopic (exact) mass is 334 g/mol. The van der Waals surface area contributed by atoms with E-state index in [-0.39, 0.29) is 5.91 Å². The van der Waals surface area contributed by atoms with Crippen LogP contribution in [0.1, 0.15) is 24.4 Å². The van der Waals surface area contributed by atoms with Gasteiger partial charge in [0, 0.05) is 38.4 Å². The van der Waals surface area contributed by atoms with Gasteiger partial charge < -0.3 is 14.5 Å². The largest absolute Gasteiger partial charge is 0.348 e. The Labute approximate surface area is 139 Å². The molecular weight excluding hydrogens is 312 g/mol. The number of likely N-dealkylation sites (tertiary alicyclic amines) is 1. The molecule has 23 heavy (non-hydrogen) atoms. The predicted octanol–water partition coefficient (Wildman–Crippen LogP) is 1.28. The Kier molecular flexibility index (Phi) is 5.00. The highest BCUT2D eigenvalue weighted by Crippen LogP contribution is 2.22. The number of thioether (sulfide) groups is 1. The van der Waals surface area contributed by atoms with E-state index >= 15 is 0 Å². The number of imidazole rings is 1. The molecule has 0 saturated carbocycles. The van der Waals surface area contributed by atoms with Crippen molar-refractivity contribution in [3.05, 3.63) is 24.0 Å². The molecule has 1 amide bonds. The zero-order valence-corrected chi connectivity index (χ0v) is 14.3. The third-order valence-electron chi connectivity index (χ3n) is 4.44. The van der Waals surface area contributed by atoms with Crippen LogP contribution in [0.25, 0.3) is 0 Å². The van der Waals surface area contributed by atoms with Gasteiger partial charge in [-0.2, -0.15) is 0 Å². The number of aromatic nitrogens is 5. The number of hydrogen-bond acceptors (Lipinski definition) is 5. The second-order valence-electron chi connectivity index (χ2n) is 5.94. The highest BCUT2D eigenvalue weighted by atomic mass is 32.2. The van der Waals surface area contributed by atoms with Crippen molar-refractivity contribution in [1.29, 1.82) is 0 Å². The number of hydrogen-bond donors (Lipinski definition) is 1. The van der Waals surface area contributed by atoms with Crippen LogP contribution in [0, 0.1) is 5.92 Å². The molecule has 0 atom stereocenters. The molecule has 0 aromatic carbocycles. The molecule has 8 heteroatoms. The van der Waals surface area contributed by atoms with Crippen molar-refractivity contribution in [3.8, 4) is 0 Å². The van der Waals surface area contributed by atoms with Gasteiger partial charge in [-0.3, -0.25) is 4.79 Å². The maximum Gasteiger partial charge on any atom is 0.228 e. The number of carbonyl (C=O) groups excluding carboxylic acids is 1. The summed E-state index contributed by atoms with van der Waals surface area (Å²) in [6.07, 6.45) is 8.72. The molecule has 3 rings (SSSR count). The molecule has 1 aliphatic rings.